The molecule has 0 aromatic rings. The Labute approximate surface area is 353 Å². The van der Waals surface area contributed by atoms with E-state index in [0.717, 1.165) is 44.9 Å². The van der Waals surface area contributed by atoms with Gasteiger partial charge in [-0.3, -0.25) is 13.8 Å². The van der Waals surface area contributed by atoms with E-state index in [1.54, 1.807) is 0 Å². The fraction of sp³-hybridized carbons (Fsp3) is 0.896. The average Bonchev–Trinajstić information content (AvgIpc) is 3.16. The molecule has 0 rings (SSSR count). The molecule has 0 heterocycles. The standard InChI is InChI=1S/C48H94NO7P/c1-6-8-10-12-14-16-18-19-20-21-22-23-24-25-26-27-28-29-30-32-34-36-38-40-43-53-45-47(46-55-57(51,52)54-44-42-49(3,4)5)56-48(50)41-39-37-35-33-31-17-15-13-11-9-7-2/h13,15,21-22,47H,6-12,14,16-20,23-46H2,1-5H3/p+1/b15-13-,22-21-. The van der Waals surface area contributed by atoms with Gasteiger partial charge in [0.1, 0.15) is 19.3 Å². The van der Waals surface area contributed by atoms with Gasteiger partial charge in [-0.25, -0.2) is 4.57 Å². The molecule has 0 amide bonds. The number of hydrogen-bond donors (Lipinski definition) is 1. The summed E-state index contributed by atoms with van der Waals surface area (Å²) in [6.45, 7) is 5.60. The van der Waals surface area contributed by atoms with Crippen LogP contribution in [0.1, 0.15) is 219 Å². The maximum atomic E-state index is 12.7. The highest BCUT2D eigenvalue weighted by atomic mass is 31.2. The van der Waals surface area contributed by atoms with Crippen LogP contribution < -0.4 is 0 Å². The van der Waals surface area contributed by atoms with Gasteiger partial charge in [0.2, 0.25) is 0 Å². The first kappa shape index (κ1) is 56.0. The SMILES string of the molecule is CCCC/C=C\CCCCCCCC(=O)OC(COCCCCCCCCCCCCCC/C=C\CCCCCCCCCC)COP(=O)(O)OCC[N+](C)(C)C. The summed E-state index contributed by atoms with van der Waals surface area (Å²) in [7, 11) is 1.67. The first-order chi connectivity index (χ1) is 27.6. The Morgan fingerprint density at radius 2 is 0.930 bits per heavy atom. The molecule has 2 atom stereocenters. The lowest BCUT2D eigenvalue weighted by molar-refractivity contribution is -0.870. The number of carbonyl (C=O) groups is 1. The number of quaternary nitrogens is 1. The normalized spacial score (nSPS) is 13.9. The van der Waals surface area contributed by atoms with Crippen molar-refractivity contribution in [2.45, 2.75) is 225 Å². The van der Waals surface area contributed by atoms with Crippen LogP contribution in [0.5, 0.6) is 0 Å². The number of likely N-dealkylation sites (N-methyl/N-ethyl adjacent to an activating group) is 1. The van der Waals surface area contributed by atoms with Crippen LogP contribution in [-0.4, -0.2) is 75.6 Å². The third-order valence-electron chi connectivity index (χ3n) is 10.5. The maximum Gasteiger partial charge on any atom is 0.472 e. The minimum Gasteiger partial charge on any atom is -0.457 e. The largest absolute Gasteiger partial charge is 0.472 e. The molecule has 8 nitrogen and oxygen atoms in total. The zero-order chi connectivity index (χ0) is 42.0. The molecule has 57 heavy (non-hydrogen) atoms. The number of allylic oxidation sites excluding steroid dienone is 4. The summed E-state index contributed by atoms with van der Waals surface area (Å²) >= 11 is 0. The number of phosphoric ester groups is 1. The highest BCUT2D eigenvalue weighted by Crippen LogP contribution is 2.43. The van der Waals surface area contributed by atoms with Crippen molar-refractivity contribution in [3.8, 4) is 0 Å². The van der Waals surface area contributed by atoms with Crippen molar-refractivity contribution in [3.63, 3.8) is 0 Å². The number of nitrogens with zero attached hydrogens (tertiary/aromatic N) is 1. The third-order valence-corrected chi connectivity index (χ3v) is 11.5. The molecule has 0 aromatic carbocycles. The van der Waals surface area contributed by atoms with Gasteiger partial charge in [0, 0.05) is 13.0 Å². The fourth-order valence-electron chi connectivity index (χ4n) is 6.71. The van der Waals surface area contributed by atoms with Gasteiger partial charge in [0.15, 0.2) is 0 Å². The van der Waals surface area contributed by atoms with Crippen LogP contribution in [0.2, 0.25) is 0 Å². The maximum absolute atomic E-state index is 12.7. The molecule has 0 bridgehead atoms. The Morgan fingerprint density at radius 1 is 0.526 bits per heavy atom. The van der Waals surface area contributed by atoms with Crippen molar-refractivity contribution in [2.75, 3.05) is 54.1 Å². The molecular formula is C48H95NO7P+. The molecule has 0 aliphatic carbocycles. The molecule has 0 radical (unpaired) electrons. The number of esters is 1. The zero-order valence-electron chi connectivity index (χ0n) is 38.3. The fourth-order valence-corrected chi connectivity index (χ4v) is 7.45. The summed E-state index contributed by atoms with van der Waals surface area (Å²) in [5.74, 6) is -0.322. The Morgan fingerprint density at radius 3 is 1.39 bits per heavy atom. The minimum atomic E-state index is -4.27. The number of ether oxygens (including phenoxy) is 2. The second kappa shape index (κ2) is 41.7. The summed E-state index contributed by atoms with van der Waals surface area (Å²) < 4.78 is 35.0. The van der Waals surface area contributed by atoms with E-state index in [1.807, 2.05) is 21.1 Å². The second-order valence-electron chi connectivity index (χ2n) is 17.5. The number of hydrogen-bond acceptors (Lipinski definition) is 6. The van der Waals surface area contributed by atoms with Gasteiger partial charge in [-0.05, 0) is 57.8 Å². The molecule has 9 heteroatoms. The van der Waals surface area contributed by atoms with E-state index < -0.39 is 13.9 Å². The van der Waals surface area contributed by atoms with Crippen LogP contribution in [0.4, 0.5) is 0 Å². The van der Waals surface area contributed by atoms with Crippen molar-refractivity contribution in [3.05, 3.63) is 24.3 Å². The van der Waals surface area contributed by atoms with Crippen LogP contribution in [0.25, 0.3) is 0 Å². The molecular weight excluding hydrogens is 734 g/mol. The van der Waals surface area contributed by atoms with E-state index in [2.05, 4.69) is 38.2 Å². The summed E-state index contributed by atoms with van der Waals surface area (Å²) in [5.41, 5.74) is 0. The summed E-state index contributed by atoms with van der Waals surface area (Å²) in [5, 5.41) is 0. The van der Waals surface area contributed by atoms with E-state index in [1.165, 1.54) is 154 Å². The zero-order valence-corrected chi connectivity index (χ0v) is 39.2. The van der Waals surface area contributed by atoms with Gasteiger partial charge in [-0.1, -0.05) is 179 Å². The van der Waals surface area contributed by atoms with E-state index in [9.17, 15) is 14.3 Å². The number of phosphoric acid groups is 1. The predicted octanol–water partition coefficient (Wildman–Crippen LogP) is 14.4. The lowest BCUT2D eigenvalue weighted by Crippen LogP contribution is -2.37. The lowest BCUT2D eigenvalue weighted by Gasteiger charge is -2.24. The lowest BCUT2D eigenvalue weighted by atomic mass is 10.0. The summed E-state index contributed by atoms with van der Waals surface area (Å²) in [4.78, 5) is 22.9. The Hall–Kier alpha value is -1.02. The van der Waals surface area contributed by atoms with Crippen LogP contribution >= 0.6 is 7.82 Å². The highest BCUT2D eigenvalue weighted by Gasteiger charge is 2.26. The quantitative estimate of drug-likeness (QED) is 0.0215. The van der Waals surface area contributed by atoms with Crippen LogP contribution in [0, 0.1) is 0 Å². The predicted molar refractivity (Wildman–Crippen MR) is 243 cm³/mol. The number of carbonyl (C=O) groups excluding carboxylic acids is 1. The monoisotopic (exact) mass is 829 g/mol. The van der Waals surface area contributed by atoms with E-state index in [4.69, 9.17) is 18.5 Å². The topological polar surface area (TPSA) is 91.3 Å². The Bertz CT molecular complexity index is 967. The van der Waals surface area contributed by atoms with Crippen molar-refractivity contribution in [1.29, 1.82) is 0 Å². The van der Waals surface area contributed by atoms with Crippen molar-refractivity contribution < 1.29 is 37.3 Å². The van der Waals surface area contributed by atoms with Crippen molar-refractivity contribution in [1.82, 2.24) is 0 Å². The molecule has 0 aromatic heterocycles. The van der Waals surface area contributed by atoms with Crippen LogP contribution in [0.15, 0.2) is 24.3 Å². The highest BCUT2D eigenvalue weighted by molar-refractivity contribution is 7.47. The smallest absolute Gasteiger partial charge is 0.457 e. The molecule has 2 unspecified atom stereocenters. The first-order valence-electron chi connectivity index (χ1n) is 24.1. The van der Waals surface area contributed by atoms with Gasteiger partial charge < -0.3 is 18.9 Å². The molecule has 0 aliphatic rings. The van der Waals surface area contributed by atoms with Gasteiger partial charge in [0.25, 0.3) is 0 Å². The molecule has 0 spiro atoms. The van der Waals surface area contributed by atoms with Crippen LogP contribution in [-0.2, 0) is 27.9 Å². The van der Waals surface area contributed by atoms with Crippen LogP contribution in [0.3, 0.4) is 0 Å². The van der Waals surface area contributed by atoms with E-state index >= 15 is 0 Å². The molecule has 0 saturated carbocycles. The van der Waals surface area contributed by atoms with Gasteiger partial charge in [0.05, 0.1) is 34.4 Å². The number of rotatable bonds is 45. The van der Waals surface area contributed by atoms with Crippen molar-refractivity contribution >= 4 is 13.8 Å². The van der Waals surface area contributed by atoms with Gasteiger partial charge >= 0.3 is 13.8 Å². The third kappa shape index (κ3) is 45.9. The van der Waals surface area contributed by atoms with Gasteiger partial charge in [-0.15, -0.1) is 0 Å². The Kier molecular flexibility index (Phi) is 41.0. The van der Waals surface area contributed by atoms with Gasteiger partial charge in [-0.2, -0.15) is 0 Å². The molecule has 0 saturated heterocycles. The average molecular weight is 829 g/mol. The Balaban J connectivity index is 4.04. The summed E-state index contributed by atoms with van der Waals surface area (Å²) in [6, 6.07) is 0. The first-order valence-corrected chi connectivity index (χ1v) is 25.6. The van der Waals surface area contributed by atoms with E-state index in [0.29, 0.717) is 24.1 Å². The minimum absolute atomic E-state index is 0.0884. The molecule has 338 valence electrons. The van der Waals surface area contributed by atoms with E-state index in [-0.39, 0.29) is 25.8 Å². The molecule has 0 aliphatic heterocycles. The number of unbranched alkanes of at least 4 members (excludes halogenated alkanes) is 27. The molecule has 1 N–H and O–H groups in total. The second-order valence-corrected chi connectivity index (χ2v) is 18.9. The molecule has 0 fully saturated rings. The van der Waals surface area contributed by atoms with Crippen molar-refractivity contribution in [2.24, 2.45) is 0 Å². The summed E-state index contributed by atoms with van der Waals surface area (Å²) in [6.07, 6.45) is 48.0.